The highest BCUT2D eigenvalue weighted by atomic mass is 16.5. The average Bonchev–Trinajstić information content (AvgIpc) is 2.46. The lowest BCUT2D eigenvalue weighted by atomic mass is 10.1. The number of ether oxygens (including phenoxy) is 1. The summed E-state index contributed by atoms with van der Waals surface area (Å²) in [5, 5.41) is 8.83. The topological polar surface area (TPSA) is 66.8 Å². The summed E-state index contributed by atoms with van der Waals surface area (Å²) in [6.45, 7) is 3.72. The van der Waals surface area contributed by atoms with E-state index < -0.39 is 5.97 Å². The van der Waals surface area contributed by atoms with Gasteiger partial charge in [0.25, 0.3) is 5.91 Å². The normalized spacial score (nSPS) is 19.2. The van der Waals surface area contributed by atoms with E-state index >= 15 is 0 Å². The van der Waals surface area contributed by atoms with Crippen LogP contribution in [0.3, 0.4) is 0 Å². The van der Waals surface area contributed by atoms with Gasteiger partial charge in [-0.3, -0.25) is 4.79 Å². The Morgan fingerprint density at radius 1 is 1.32 bits per heavy atom. The number of hydrogen-bond donors (Lipinski definition) is 1. The number of carboxylic acid groups (broad SMARTS) is 1. The van der Waals surface area contributed by atoms with Crippen LogP contribution in [0.15, 0.2) is 24.3 Å². The summed E-state index contributed by atoms with van der Waals surface area (Å²) in [5.74, 6) is -1.05. The van der Waals surface area contributed by atoms with E-state index in [2.05, 4.69) is 0 Å². The minimum Gasteiger partial charge on any atom is -0.478 e. The van der Waals surface area contributed by atoms with E-state index in [1.807, 2.05) is 6.92 Å². The fourth-order valence-electron chi connectivity index (χ4n) is 2.18. The highest BCUT2D eigenvalue weighted by molar-refractivity contribution is 5.96. The van der Waals surface area contributed by atoms with Gasteiger partial charge in [-0.25, -0.2) is 4.79 Å². The van der Waals surface area contributed by atoms with Crippen LogP contribution < -0.4 is 0 Å². The van der Waals surface area contributed by atoms with Crippen molar-refractivity contribution in [1.29, 1.82) is 0 Å². The van der Waals surface area contributed by atoms with E-state index in [0.29, 0.717) is 25.3 Å². The monoisotopic (exact) mass is 263 g/mol. The van der Waals surface area contributed by atoms with E-state index in [0.717, 1.165) is 6.42 Å². The zero-order valence-electron chi connectivity index (χ0n) is 10.8. The minimum atomic E-state index is -0.989. The van der Waals surface area contributed by atoms with Gasteiger partial charge in [0, 0.05) is 12.1 Å². The molecule has 1 unspecified atom stereocenters. The van der Waals surface area contributed by atoms with Crippen molar-refractivity contribution in [3.63, 3.8) is 0 Å². The number of morpholine rings is 1. The molecule has 102 valence electrons. The number of carbonyl (C=O) groups is 2. The van der Waals surface area contributed by atoms with E-state index in [1.165, 1.54) is 12.1 Å². The van der Waals surface area contributed by atoms with Crippen LogP contribution in [0, 0.1) is 0 Å². The Kier molecular flexibility index (Phi) is 4.16. The van der Waals surface area contributed by atoms with Gasteiger partial charge in [-0.05, 0) is 30.7 Å². The highest BCUT2D eigenvalue weighted by Gasteiger charge is 2.26. The maximum Gasteiger partial charge on any atom is 0.335 e. The molecule has 1 atom stereocenters. The molecule has 0 radical (unpaired) electrons. The second-order valence-electron chi connectivity index (χ2n) is 4.52. The first-order chi connectivity index (χ1) is 9.13. The quantitative estimate of drug-likeness (QED) is 0.900. The van der Waals surface area contributed by atoms with Crippen LogP contribution in [-0.4, -0.2) is 47.7 Å². The van der Waals surface area contributed by atoms with Crippen molar-refractivity contribution >= 4 is 11.9 Å². The molecule has 1 aliphatic rings. The van der Waals surface area contributed by atoms with Crippen LogP contribution in [0.4, 0.5) is 0 Å². The van der Waals surface area contributed by atoms with Crippen molar-refractivity contribution in [1.82, 2.24) is 4.90 Å². The Morgan fingerprint density at radius 3 is 2.53 bits per heavy atom. The van der Waals surface area contributed by atoms with E-state index in [9.17, 15) is 9.59 Å². The van der Waals surface area contributed by atoms with Crippen molar-refractivity contribution in [2.75, 3.05) is 19.8 Å². The lowest BCUT2D eigenvalue weighted by Gasteiger charge is -2.35. The zero-order valence-corrected chi connectivity index (χ0v) is 10.8. The molecule has 1 fully saturated rings. The van der Waals surface area contributed by atoms with Gasteiger partial charge in [0.15, 0.2) is 0 Å². The number of rotatable bonds is 3. The highest BCUT2D eigenvalue weighted by Crippen LogP contribution is 2.15. The van der Waals surface area contributed by atoms with Gasteiger partial charge in [-0.1, -0.05) is 6.92 Å². The summed E-state index contributed by atoms with van der Waals surface area (Å²) in [6, 6.07) is 6.14. The lowest BCUT2D eigenvalue weighted by molar-refractivity contribution is -0.00280. The third-order valence-electron chi connectivity index (χ3n) is 3.34. The van der Waals surface area contributed by atoms with Crippen LogP contribution in [0.25, 0.3) is 0 Å². The molecule has 0 aromatic heterocycles. The average molecular weight is 263 g/mol. The predicted molar refractivity (Wildman–Crippen MR) is 69.3 cm³/mol. The molecule has 0 saturated carbocycles. The van der Waals surface area contributed by atoms with Crippen LogP contribution >= 0.6 is 0 Å². The molecule has 1 amide bonds. The molecule has 0 spiro atoms. The molecule has 1 aromatic rings. The van der Waals surface area contributed by atoms with Gasteiger partial charge in [0.05, 0.1) is 24.8 Å². The molecule has 19 heavy (non-hydrogen) atoms. The van der Waals surface area contributed by atoms with Crippen LogP contribution in [0.5, 0.6) is 0 Å². The second-order valence-corrected chi connectivity index (χ2v) is 4.52. The molecular formula is C14H17NO4. The molecular weight excluding hydrogens is 246 g/mol. The number of benzene rings is 1. The maximum atomic E-state index is 12.4. The van der Waals surface area contributed by atoms with Crippen molar-refractivity contribution in [3.8, 4) is 0 Å². The smallest absolute Gasteiger partial charge is 0.335 e. The fraction of sp³-hybridized carbons (Fsp3) is 0.429. The number of amides is 1. The minimum absolute atomic E-state index is 0.0629. The molecule has 1 saturated heterocycles. The number of aromatic carboxylic acids is 1. The molecule has 1 N–H and O–H groups in total. The van der Waals surface area contributed by atoms with E-state index in [4.69, 9.17) is 9.84 Å². The van der Waals surface area contributed by atoms with Crippen molar-refractivity contribution in [2.45, 2.75) is 19.4 Å². The van der Waals surface area contributed by atoms with E-state index in [1.54, 1.807) is 17.0 Å². The fourth-order valence-corrected chi connectivity index (χ4v) is 2.18. The van der Waals surface area contributed by atoms with Gasteiger partial charge >= 0.3 is 5.97 Å². The first-order valence-electron chi connectivity index (χ1n) is 6.35. The molecule has 2 rings (SSSR count). The van der Waals surface area contributed by atoms with E-state index in [-0.39, 0.29) is 17.5 Å². The zero-order chi connectivity index (χ0) is 13.8. The molecule has 0 aliphatic carbocycles. The summed E-state index contributed by atoms with van der Waals surface area (Å²) in [5.41, 5.74) is 0.705. The van der Waals surface area contributed by atoms with Gasteiger partial charge < -0.3 is 14.7 Å². The first-order valence-corrected chi connectivity index (χ1v) is 6.35. The third kappa shape index (κ3) is 2.93. The largest absolute Gasteiger partial charge is 0.478 e. The van der Waals surface area contributed by atoms with Gasteiger partial charge in [0.1, 0.15) is 0 Å². The lowest BCUT2D eigenvalue weighted by Crippen LogP contribution is -2.48. The van der Waals surface area contributed by atoms with Crippen molar-refractivity contribution in [3.05, 3.63) is 35.4 Å². The molecule has 0 bridgehead atoms. The molecule has 1 aromatic carbocycles. The predicted octanol–water partition coefficient (Wildman–Crippen LogP) is 1.64. The number of carboxylic acids is 1. The van der Waals surface area contributed by atoms with Gasteiger partial charge in [-0.15, -0.1) is 0 Å². The third-order valence-corrected chi connectivity index (χ3v) is 3.34. The summed E-state index contributed by atoms with van der Waals surface area (Å²) >= 11 is 0. The summed E-state index contributed by atoms with van der Waals surface area (Å²) < 4.78 is 5.37. The standard InChI is InChI=1S/C14H17NO4/c1-2-12-9-19-8-7-15(12)13(16)10-3-5-11(6-4-10)14(17)18/h3-6,12H,2,7-9H2,1H3,(H,17,18). The maximum absolute atomic E-state index is 12.4. The second kappa shape index (κ2) is 5.84. The number of carbonyl (C=O) groups excluding carboxylic acids is 1. The number of nitrogens with zero attached hydrogens (tertiary/aromatic N) is 1. The molecule has 1 aliphatic heterocycles. The Balaban J connectivity index is 2.16. The van der Waals surface area contributed by atoms with Crippen molar-refractivity contribution < 1.29 is 19.4 Å². The Bertz CT molecular complexity index is 469. The molecule has 5 heteroatoms. The Hall–Kier alpha value is -1.88. The van der Waals surface area contributed by atoms with Crippen LogP contribution in [0.1, 0.15) is 34.1 Å². The summed E-state index contributed by atoms with van der Waals surface area (Å²) in [4.78, 5) is 24.9. The van der Waals surface area contributed by atoms with Crippen LogP contribution in [0.2, 0.25) is 0 Å². The Morgan fingerprint density at radius 2 is 1.95 bits per heavy atom. The summed E-state index contributed by atoms with van der Waals surface area (Å²) in [6.07, 6.45) is 0.846. The van der Waals surface area contributed by atoms with Gasteiger partial charge in [0.2, 0.25) is 0 Å². The van der Waals surface area contributed by atoms with Crippen molar-refractivity contribution in [2.24, 2.45) is 0 Å². The van der Waals surface area contributed by atoms with Gasteiger partial charge in [-0.2, -0.15) is 0 Å². The first kappa shape index (κ1) is 13.5. The molecule has 5 nitrogen and oxygen atoms in total. The number of hydrogen-bond acceptors (Lipinski definition) is 3. The Labute approximate surface area is 111 Å². The summed E-state index contributed by atoms with van der Waals surface area (Å²) in [7, 11) is 0. The SMILES string of the molecule is CCC1COCCN1C(=O)c1ccc(C(=O)O)cc1. The molecule has 1 heterocycles. The van der Waals surface area contributed by atoms with Crippen LogP contribution in [-0.2, 0) is 4.74 Å².